The van der Waals surface area contributed by atoms with E-state index in [1.807, 2.05) is 37.4 Å². The van der Waals surface area contributed by atoms with E-state index in [0.717, 1.165) is 28.1 Å². The Hall–Kier alpha value is -1.85. The molecule has 0 aliphatic heterocycles. The lowest BCUT2D eigenvalue weighted by atomic mass is 10.2. The number of aromatic nitrogens is 2. The molecule has 0 spiro atoms. The largest absolute Gasteiger partial charge is 0.438 e. The van der Waals surface area contributed by atoms with Crippen LogP contribution in [-0.4, -0.2) is 16.5 Å². The highest BCUT2D eigenvalue weighted by Crippen LogP contribution is 2.33. The highest BCUT2D eigenvalue weighted by molar-refractivity contribution is 7.16. The molecule has 21 heavy (non-hydrogen) atoms. The normalized spacial score (nSPS) is 10.8. The van der Waals surface area contributed by atoms with Crippen LogP contribution in [0.1, 0.15) is 12.5 Å². The first-order chi connectivity index (χ1) is 10.2. The summed E-state index contributed by atoms with van der Waals surface area (Å²) < 4.78 is 5.98. The molecular weight excluding hydrogens is 306 g/mol. The van der Waals surface area contributed by atoms with Gasteiger partial charge < -0.3 is 10.1 Å². The lowest BCUT2D eigenvalue weighted by molar-refractivity contribution is 0.465. The molecular formula is C15H14ClN3OS. The minimum atomic E-state index is 0.558. The third kappa shape index (κ3) is 2.94. The van der Waals surface area contributed by atoms with Crippen LogP contribution in [-0.2, 0) is 0 Å². The van der Waals surface area contributed by atoms with E-state index in [1.165, 1.54) is 0 Å². The Kier molecular flexibility index (Phi) is 3.94. The molecule has 1 N–H and O–H groups in total. The summed E-state index contributed by atoms with van der Waals surface area (Å²) in [4.78, 5) is 9.82. The Morgan fingerprint density at radius 2 is 2.14 bits per heavy atom. The number of aryl methyl sites for hydroxylation is 1. The number of ether oxygens (including phenoxy) is 1. The lowest BCUT2D eigenvalue weighted by Crippen LogP contribution is -2.03. The maximum Gasteiger partial charge on any atom is 0.232 e. The number of rotatable bonds is 4. The molecule has 0 fully saturated rings. The average Bonchev–Trinajstić information content (AvgIpc) is 2.91. The summed E-state index contributed by atoms with van der Waals surface area (Å²) in [7, 11) is 0. The third-order valence-corrected chi connectivity index (χ3v) is 4.01. The van der Waals surface area contributed by atoms with Gasteiger partial charge in [-0.05, 0) is 49.1 Å². The standard InChI is InChI=1S/C15H14ClN3OS/c1-3-17-15-18-13(11-6-7-21-14(11)19-15)20-12-5-4-10(16)8-9(12)2/h4-8H,3H2,1-2H3,(H,17,18,19). The Morgan fingerprint density at radius 3 is 2.90 bits per heavy atom. The number of thiophene rings is 1. The van der Waals surface area contributed by atoms with Crippen LogP contribution in [0.4, 0.5) is 5.95 Å². The maximum atomic E-state index is 5.98. The molecule has 6 heteroatoms. The molecule has 0 saturated heterocycles. The Bertz CT molecular complexity index is 788. The predicted octanol–water partition coefficient (Wildman–Crippen LogP) is 4.88. The van der Waals surface area contributed by atoms with Crippen LogP contribution in [0.15, 0.2) is 29.6 Å². The van der Waals surface area contributed by atoms with Crippen molar-refractivity contribution in [3.63, 3.8) is 0 Å². The van der Waals surface area contributed by atoms with Gasteiger partial charge in [-0.15, -0.1) is 11.3 Å². The second kappa shape index (κ2) is 5.87. The second-order valence-electron chi connectivity index (χ2n) is 4.53. The van der Waals surface area contributed by atoms with Gasteiger partial charge in [0, 0.05) is 11.6 Å². The second-order valence-corrected chi connectivity index (χ2v) is 5.87. The Labute approximate surface area is 131 Å². The molecule has 4 nitrogen and oxygen atoms in total. The summed E-state index contributed by atoms with van der Waals surface area (Å²) in [6, 6.07) is 7.50. The molecule has 108 valence electrons. The highest BCUT2D eigenvalue weighted by Gasteiger charge is 2.12. The van der Waals surface area contributed by atoms with Crippen LogP contribution >= 0.6 is 22.9 Å². The van der Waals surface area contributed by atoms with Gasteiger partial charge in [-0.25, -0.2) is 4.98 Å². The first-order valence-corrected chi connectivity index (χ1v) is 7.86. The van der Waals surface area contributed by atoms with Crippen molar-refractivity contribution >= 4 is 39.1 Å². The van der Waals surface area contributed by atoms with Gasteiger partial charge in [0.2, 0.25) is 11.8 Å². The molecule has 0 aliphatic carbocycles. The van der Waals surface area contributed by atoms with Crippen molar-refractivity contribution in [3.05, 3.63) is 40.2 Å². The van der Waals surface area contributed by atoms with Crippen molar-refractivity contribution in [2.45, 2.75) is 13.8 Å². The quantitative estimate of drug-likeness (QED) is 0.744. The predicted molar refractivity (Wildman–Crippen MR) is 87.8 cm³/mol. The zero-order valence-corrected chi connectivity index (χ0v) is 13.3. The van der Waals surface area contributed by atoms with E-state index in [9.17, 15) is 0 Å². The van der Waals surface area contributed by atoms with Gasteiger partial charge in [0.05, 0.1) is 5.39 Å². The molecule has 0 bridgehead atoms. The van der Waals surface area contributed by atoms with Crippen molar-refractivity contribution in [1.82, 2.24) is 9.97 Å². The van der Waals surface area contributed by atoms with Crippen LogP contribution in [0.2, 0.25) is 5.02 Å². The Balaban J connectivity index is 2.04. The third-order valence-electron chi connectivity index (χ3n) is 2.97. The number of hydrogen-bond donors (Lipinski definition) is 1. The fourth-order valence-electron chi connectivity index (χ4n) is 1.97. The van der Waals surface area contributed by atoms with Crippen molar-refractivity contribution in [2.24, 2.45) is 0 Å². The zero-order chi connectivity index (χ0) is 14.8. The van der Waals surface area contributed by atoms with Crippen molar-refractivity contribution in [3.8, 4) is 11.6 Å². The minimum absolute atomic E-state index is 0.558. The van der Waals surface area contributed by atoms with E-state index in [0.29, 0.717) is 16.9 Å². The van der Waals surface area contributed by atoms with Crippen molar-refractivity contribution in [1.29, 1.82) is 0 Å². The Morgan fingerprint density at radius 1 is 1.29 bits per heavy atom. The molecule has 0 aliphatic rings. The number of halogens is 1. The molecule has 1 aromatic carbocycles. The van der Waals surface area contributed by atoms with E-state index >= 15 is 0 Å². The summed E-state index contributed by atoms with van der Waals surface area (Å²) >= 11 is 7.54. The van der Waals surface area contributed by atoms with E-state index < -0.39 is 0 Å². The summed E-state index contributed by atoms with van der Waals surface area (Å²) in [5.74, 6) is 1.88. The van der Waals surface area contributed by atoms with Gasteiger partial charge in [-0.3, -0.25) is 0 Å². The first kappa shape index (κ1) is 14.1. The number of fused-ring (bicyclic) bond motifs is 1. The number of hydrogen-bond acceptors (Lipinski definition) is 5. The molecule has 2 aromatic heterocycles. The van der Waals surface area contributed by atoms with Gasteiger partial charge in [0.15, 0.2) is 0 Å². The van der Waals surface area contributed by atoms with Gasteiger partial charge in [0.25, 0.3) is 0 Å². The number of nitrogens with zero attached hydrogens (tertiary/aromatic N) is 2. The van der Waals surface area contributed by atoms with Crippen LogP contribution in [0, 0.1) is 6.92 Å². The minimum Gasteiger partial charge on any atom is -0.438 e. The van der Waals surface area contributed by atoms with E-state index in [2.05, 4.69) is 15.3 Å². The monoisotopic (exact) mass is 319 g/mol. The smallest absolute Gasteiger partial charge is 0.232 e. The molecule has 3 rings (SSSR count). The number of nitrogens with one attached hydrogen (secondary N) is 1. The molecule has 0 radical (unpaired) electrons. The SMILES string of the molecule is CCNc1nc(Oc2ccc(Cl)cc2C)c2ccsc2n1. The van der Waals surface area contributed by atoms with E-state index in [-0.39, 0.29) is 0 Å². The number of benzene rings is 1. The van der Waals surface area contributed by atoms with Crippen molar-refractivity contribution in [2.75, 3.05) is 11.9 Å². The fraction of sp³-hybridized carbons (Fsp3) is 0.200. The van der Waals surface area contributed by atoms with Crippen LogP contribution in [0.25, 0.3) is 10.2 Å². The van der Waals surface area contributed by atoms with Gasteiger partial charge >= 0.3 is 0 Å². The van der Waals surface area contributed by atoms with Gasteiger partial charge in [0.1, 0.15) is 10.6 Å². The van der Waals surface area contributed by atoms with Gasteiger partial charge in [-0.2, -0.15) is 4.98 Å². The topological polar surface area (TPSA) is 47.0 Å². The summed E-state index contributed by atoms with van der Waals surface area (Å²) in [6.07, 6.45) is 0. The molecule has 0 atom stereocenters. The molecule has 3 aromatic rings. The molecule has 2 heterocycles. The van der Waals surface area contributed by atoms with Crippen LogP contribution in [0.3, 0.4) is 0 Å². The molecule has 0 unspecified atom stereocenters. The van der Waals surface area contributed by atoms with Crippen LogP contribution in [0.5, 0.6) is 11.6 Å². The average molecular weight is 320 g/mol. The lowest BCUT2D eigenvalue weighted by Gasteiger charge is -2.10. The maximum absolute atomic E-state index is 5.98. The van der Waals surface area contributed by atoms with Gasteiger partial charge in [-0.1, -0.05) is 11.6 Å². The van der Waals surface area contributed by atoms with E-state index in [1.54, 1.807) is 17.4 Å². The first-order valence-electron chi connectivity index (χ1n) is 6.60. The van der Waals surface area contributed by atoms with Crippen LogP contribution < -0.4 is 10.1 Å². The number of anilines is 1. The fourth-order valence-corrected chi connectivity index (χ4v) is 2.96. The van der Waals surface area contributed by atoms with E-state index in [4.69, 9.17) is 16.3 Å². The summed E-state index contributed by atoms with van der Waals surface area (Å²) in [5, 5.41) is 6.71. The van der Waals surface area contributed by atoms with Crippen molar-refractivity contribution < 1.29 is 4.74 Å². The zero-order valence-electron chi connectivity index (χ0n) is 11.7. The molecule has 0 amide bonds. The highest BCUT2D eigenvalue weighted by atomic mass is 35.5. The summed E-state index contributed by atoms with van der Waals surface area (Å²) in [5.41, 5.74) is 0.967. The summed E-state index contributed by atoms with van der Waals surface area (Å²) in [6.45, 7) is 4.72. The molecule has 0 saturated carbocycles.